The molecule has 526 valence electrons. The van der Waals surface area contributed by atoms with Crippen LogP contribution in [0.5, 0.6) is 0 Å². The fourth-order valence-electron chi connectivity index (χ4n) is 16.4. The maximum atomic E-state index is 9.24. The maximum Gasteiger partial charge on any atom is 0.492 e. The highest BCUT2D eigenvalue weighted by Gasteiger charge is 2.37. The molecule has 0 saturated heterocycles. The predicted octanol–water partition coefficient (Wildman–Crippen LogP) is 25.5. The highest BCUT2D eigenvalue weighted by Crippen LogP contribution is 2.52. The first kappa shape index (κ1) is 68.1. The molecule has 12 heteroatoms. The number of nitrogens with zero attached hydrogens (tertiary/aromatic N) is 4. The van der Waals surface area contributed by atoms with Gasteiger partial charge in [-0.05, 0) is 134 Å². The fraction of sp³-hybridized carbons (Fsp3) is 0.0612. The molecule has 0 saturated carbocycles. The van der Waals surface area contributed by atoms with E-state index in [0.29, 0.717) is 16.9 Å². The second-order valence-electron chi connectivity index (χ2n) is 29.2. The Morgan fingerprint density at radius 2 is 0.600 bits per heavy atom. The summed E-state index contributed by atoms with van der Waals surface area (Å²) in [6.07, 6.45) is 0. The van der Waals surface area contributed by atoms with Gasteiger partial charge in [-0.25, -0.2) is 19.9 Å². The van der Waals surface area contributed by atoms with Crippen LogP contribution in [0.25, 0.3) is 178 Å². The van der Waals surface area contributed by atoms with Crippen molar-refractivity contribution in [1.29, 1.82) is 0 Å². The normalized spacial score (nSPS) is 12.9. The lowest BCUT2D eigenvalue weighted by Crippen LogP contribution is -2.29. The molecule has 0 bridgehead atoms. The smallest absolute Gasteiger partial charge is 0.456 e. The monoisotopic (exact) mass is 1550 g/mol. The molecule has 21 rings (SSSR count). The van der Waals surface area contributed by atoms with Crippen LogP contribution in [-0.2, 0) is 10.8 Å². The number of aromatic nitrogens is 4. The molecule has 19 aromatic rings. The number of hydrogen-bond acceptors (Lipinski definition) is 9. The molecule has 0 unspecified atom stereocenters. The molecule has 0 aliphatic heterocycles. The molecule has 0 atom stereocenters. The van der Waals surface area contributed by atoms with E-state index in [4.69, 9.17) is 33.2 Å². The average Bonchev–Trinajstić information content (AvgIpc) is 1.58. The van der Waals surface area contributed by atoms with Crippen molar-refractivity contribution in [1.82, 2.24) is 19.9 Å². The summed E-state index contributed by atoms with van der Waals surface area (Å²) in [6.45, 7) is 9.25. The minimum absolute atomic E-state index is 0.0603. The number of fused-ring (bicyclic) bond motifs is 15. The van der Waals surface area contributed by atoms with Crippen LogP contribution in [0.1, 0.15) is 49.9 Å². The molecule has 9 nitrogen and oxygen atoms in total. The van der Waals surface area contributed by atoms with Gasteiger partial charge in [-0.2, -0.15) is 0 Å². The van der Waals surface area contributed by atoms with Crippen molar-refractivity contribution in [3.05, 3.63) is 353 Å². The Labute approximate surface area is 652 Å². The van der Waals surface area contributed by atoms with Gasteiger partial charge in [0.1, 0.15) is 33.5 Å². The summed E-state index contributed by atoms with van der Waals surface area (Å²) in [4.78, 5) is 20.6. The van der Waals surface area contributed by atoms with Crippen molar-refractivity contribution in [2.24, 2.45) is 0 Å². The maximum absolute atomic E-state index is 9.24. The number of furan rings is 3. The zero-order valence-electron chi connectivity index (χ0n) is 60.3. The molecule has 14 aromatic carbocycles. The quantitative estimate of drug-likeness (QED) is 0.136. The van der Waals surface area contributed by atoms with Gasteiger partial charge in [-0.1, -0.05) is 302 Å². The molecule has 0 fully saturated rings. The predicted molar refractivity (Wildman–Crippen MR) is 456 cm³/mol. The molecule has 0 radical (unpaired) electrons. The lowest BCUT2D eigenvalue weighted by molar-refractivity contribution is 0.425. The van der Waals surface area contributed by atoms with Gasteiger partial charge < -0.3 is 23.3 Å². The average molecular weight is 1550 g/mol. The molecule has 2 aliphatic carbocycles. The first-order chi connectivity index (χ1) is 53.6. The summed E-state index contributed by atoms with van der Waals surface area (Å²) >= 11 is 7.25. The van der Waals surface area contributed by atoms with E-state index in [9.17, 15) is 10.0 Å². The van der Waals surface area contributed by atoms with Gasteiger partial charge in [0, 0.05) is 102 Å². The molecule has 5 aromatic heterocycles. The van der Waals surface area contributed by atoms with Crippen molar-refractivity contribution >= 4 is 110 Å². The second kappa shape index (κ2) is 27.4. The van der Waals surface area contributed by atoms with Crippen molar-refractivity contribution in [2.75, 3.05) is 0 Å². The van der Waals surface area contributed by atoms with E-state index in [1.165, 1.54) is 44.5 Å². The Hall–Kier alpha value is -12.4. The Morgan fingerprint density at radius 1 is 0.264 bits per heavy atom. The Bertz CT molecular complexity index is 6730. The van der Waals surface area contributed by atoms with Gasteiger partial charge in [0.05, 0.1) is 22.8 Å². The van der Waals surface area contributed by atoms with Crippen molar-refractivity contribution in [3.63, 3.8) is 0 Å². The lowest BCUT2D eigenvalue weighted by atomic mass is 9.79. The van der Waals surface area contributed by atoms with Crippen molar-refractivity contribution in [2.45, 2.75) is 38.5 Å². The Kier molecular flexibility index (Phi) is 16.9. The summed E-state index contributed by atoms with van der Waals surface area (Å²) in [5, 5.41) is 24.7. The molecule has 2 N–H and O–H groups in total. The van der Waals surface area contributed by atoms with Gasteiger partial charge in [0.25, 0.3) is 0 Å². The number of hydrogen-bond donors (Lipinski definition) is 2. The summed E-state index contributed by atoms with van der Waals surface area (Å²) in [5.41, 5.74) is 29.2. The van der Waals surface area contributed by atoms with Gasteiger partial charge in [-0.3, -0.25) is 0 Å². The SMILES string of the molecule is CC1(C)c2ccccc2-c2ccc(-c3cc(-c4cc(-c5cccc6c5oc5ccccc56)cc(-c5cccc6c5oc5ccccc56)c4)nc(-c4ccccc4)n3)cc21.CC1(C)c2ccccc2-c2ccc(-c3cc(-c4cc(Br)cc(Br)c4)nc(-c4ccccc4)n3)cc21.OB(O)c1cccc2c1oc1ccccc12. The van der Waals surface area contributed by atoms with Gasteiger partial charge in [-0.15, -0.1) is 0 Å². The van der Waals surface area contributed by atoms with Gasteiger partial charge in [0.15, 0.2) is 11.6 Å². The fourth-order valence-corrected chi connectivity index (χ4v) is 17.6. The summed E-state index contributed by atoms with van der Waals surface area (Å²) < 4.78 is 20.9. The molecular weight excluding hydrogens is 1480 g/mol. The topological polar surface area (TPSA) is 131 Å². The van der Waals surface area contributed by atoms with E-state index < -0.39 is 7.12 Å². The van der Waals surface area contributed by atoms with Crippen LogP contribution < -0.4 is 5.46 Å². The highest BCUT2D eigenvalue weighted by atomic mass is 79.9. The number of rotatable bonds is 9. The van der Waals surface area contributed by atoms with Crippen LogP contribution >= 0.6 is 31.9 Å². The summed E-state index contributed by atoms with van der Waals surface area (Å²) in [5.74, 6) is 1.39. The molecule has 5 heterocycles. The van der Waals surface area contributed by atoms with Crippen LogP contribution in [0.4, 0.5) is 0 Å². The third-order valence-electron chi connectivity index (χ3n) is 21.8. The minimum Gasteiger partial charge on any atom is -0.456 e. The Balaban J connectivity index is 0.000000134. The van der Waals surface area contributed by atoms with Crippen LogP contribution in [0, 0.1) is 0 Å². The zero-order valence-corrected chi connectivity index (χ0v) is 63.5. The number of para-hydroxylation sites is 6. The summed E-state index contributed by atoms with van der Waals surface area (Å²) in [7, 11) is -1.51. The van der Waals surface area contributed by atoms with E-state index >= 15 is 0 Å². The lowest BCUT2D eigenvalue weighted by Gasteiger charge is -2.22. The highest BCUT2D eigenvalue weighted by molar-refractivity contribution is 9.11. The van der Waals surface area contributed by atoms with Gasteiger partial charge >= 0.3 is 7.12 Å². The first-order valence-corrected chi connectivity index (χ1v) is 38.3. The van der Waals surface area contributed by atoms with Crippen LogP contribution in [0.3, 0.4) is 0 Å². The third-order valence-corrected chi connectivity index (χ3v) is 22.7. The van der Waals surface area contributed by atoms with Crippen LogP contribution in [0.2, 0.25) is 0 Å². The van der Waals surface area contributed by atoms with Gasteiger partial charge in [0.2, 0.25) is 0 Å². The van der Waals surface area contributed by atoms with Crippen LogP contribution in [-0.4, -0.2) is 37.1 Å². The first-order valence-electron chi connectivity index (χ1n) is 36.7. The summed E-state index contributed by atoms with van der Waals surface area (Å²) in [6, 6.07) is 111. The second-order valence-corrected chi connectivity index (χ2v) is 31.1. The van der Waals surface area contributed by atoms with E-state index in [-0.39, 0.29) is 10.8 Å². The molecular formula is C98H67BBr2N4O5. The van der Waals surface area contributed by atoms with E-state index in [1.807, 2.05) is 97.1 Å². The van der Waals surface area contributed by atoms with Crippen LogP contribution in [0.15, 0.2) is 344 Å². The standard InChI is InChI=1S/C55H36N2O2.C31H22Br2N2.C12H9BO3/c1-55(2)46-23-9-6-16-40(46)41-27-26-34(31-47(41)55)48-32-49(57-54(56-48)33-14-4-3-5-15-33)37-29-35(38-19-12-21-44-42-17-7-10-24-50(42)58-52(38)44)28-36(30-37)39-20-13-22-45-43-18-8-11-25-51(43)59-53(39)45;1-31(2)26-11-7-6-10-24(26)25-13-12-20(16-27(25)31)28-18-29(21-14-22(32)17-23(33)15-21)35-30(34-28)19-8-4-3-5-9-19;14-13(15)10-6-3-5-9-8-4-1-2-7-11(8)16-12(9)10/h3-32H,1-2H3;3-18H,1-2H3;1-7,14-15H. The molecule has 2 aliphatic rings. The van der Waals surface area contributed by atoms with E-state index in [2.05, 4.69) is 272 Å². The number of benzene rings is 14. The zero-order chi connectivity index (χ0) is 74.5. The van der Waals surface area contributed by atoms with E-state index in [1.54, 1.807) is 12.1 Å². The van der Waals surface area contributed by atoms with E-state index in [0.717, 1.165) is 153 Å². The Morgan fingerprint density at radius 3 is 1.05 bits per heavy atom. The molecule has 110 heavy (non-hydrogen) atoms. The minimum atomic E-state index is -1.51. The largest absolute Gasteiger partial charge is 0.492 e. The van der Waals surface area contributed by atoms with Crippen molar-refractivity contribution < 1.29 is 23.3 Å². The molecule has 0 amide bonds. The third kappa shape index (κ3) is 12.0. The van der Waals surface area contributed by atoms with Crippen molar-refractivity contribution in [3.8, 4) is 112 Å². The number of halogens is 2. The molecule has 0 spiro atoms.